The molecule has 0 bridgehead atoms. The van der Waals surface area contributed by atoms with E-state index in [1.807, 2.05) is 12.5 Å². The molecule has 1 aromatic heterocycles. The molecule has 1 heterocycles. The Balaban J connectivity index is 1.87. The van der Waals surface area contributed by atoms with Gasteiger partial charge in [0.05, 0.1) is 12.0 Å². The minimum absolute atomic E-state index is 0.716. The van der Waals surface area contributed by atoms with Gasteiger partial charge in [0.2, 0.25) is 0 Å². The summed E-state index contributed by atoms with van der Waals surface area (Å²) in [6, 6.07) is 0.716. The van der Waals surface area contributed by atoms with Crippen molar-refractivity contribution < 1.29 is 0 Å². The summed E-state index contributed by atoms with van der Waals surface area (Å²) < 4.78 is 2.27. The fourth-order valence-electron chi connectivity index (χ4n) is 3.14. The Morgan fingerprint density at radius 2 is 2.17 bits per heavy atom. The summed E-state index contributed by atoms with van der Waals surface area (Å²) in [5.41, 5.74) is 1.33. The van der Waals surface area contributed by atoms with E-state index in [9.17, 15) is 0 Å². The largest absolute Gasteiger partial charge is 0.333 e. The minimum atomic E-state index is 0.716. The highest BCUT2D eigenvalue weighted by Crippen LogP contribution is 2.26. The lowest BCUT2D eigenvalue weighted by Gasteiger charge is -2.31. The highest BCUT2D eigenvalue weighted by molar-refractivity contribution is 4.98. The van der Waals surface area contributed by atoms with Crippen LogP contribution >= 0.6 is 0 Å². The predicted octanol–water partition coefficient (Wildman–Crippen LogP) is 3.35. The third kappa shape index (κ3) is 3.35. The molecule has 0 aromatic carbocycles. The third-order valence-electron chi connectivity index (χ3n) is 4.24. The second-order valence-corrected chi connectivity index (χ2v) is 5.52. The molecule has 0 spiro atoms. The summed E-state index contributed by atoms with van der Waals surface area (Å²) in [6.07, 6.45) is 12.0. The van der Waals surface area contributed by atoms with Gasteiger partial charge in [0, 0.05) is 25.3 Å². The topological polar surface area (TPSA) is 29.9 Å². The van der Waals surface area contributed by atoms with Crippen LogP contribution in [0.4, 0.5) is 0 Å². The molecule has 102 valence electrons. The number of hydrogen-bond donors (Lipinski definition) is 1. The van der Waals surface area contributed by atoms with Crippen molar-refractivity contribution in [1.29, 1.82) is 0 Å². The molecule has 1 aliphatic carbocycles. The van der Waals surface area contributed by atoms with E-state index >= 15 is 0 Å². The first-order chi connectivity index (χ1) is 8.85. The van der Waals surface area contributed by atoms with E-state index in [1.165, 1.54) is 44.2 Å². The maximum atomic E-state index is 4.27. The molecule has 2 rings (SSSR count). The van der Waals surface area contributed by atoms with Crippen LogP contribution in [0, 0.1) is 5.92 Å². The Hall–Kier alpha value is -0.830. The number of rotatable bonds is 6. The van der Waals surface area contributed by atoms with E-state index in [2.05, 4.69) is 28.7 Å². The van der Waals surface area contributed by atoms with Crippen molar-refractivity contribution in [3.05, 3.63) is 18.2 Å². The van der Waals surface area contributed by atoms with Crippen LogP contribution in [0.15, 0.2) is 12.5 Å². The second-order valence-electron chi connectivity index (χ2n) is 5.52. The fraction of sp³-hybridized carbons (Fsp3) is 0.800. The van der Waals surface area contributed by atoms with Crippen LogP contribution in [0.2, 0.25) is 0 Å². The van der Waals surface area contributed by atoms with E-state index in [4.69, 9.17) is 0 Å². The van der Waals surface area contributed by atoms with Crippen LogP contribution in [0.3, 0.4) is 0 Å². The van der Waals surface area contributed by atoms with Crippen LogP contribution in [-0.4, -0.2) is 15.6 Å². The van der Waals surface area contributed by atoms with Crippen molar-refractivity contribution in [3.8, 4) is 0 Å². The highest BCUT2D eigenvalue weighted by Gasteiger charge is 2.23. The number of nitrogens with zero attached hydrogens (tertiary/aromatic N) is 2. The number of imidazole rings is 1. The standard InChI is InChI=1S/C15H27N3/c1-3-9-18-12-16-10-14(18)11-17-15-8-6-5-7-13(15)4-2/h10,12-13,15,17H,3-9,11H2,1-2H3. The van der Waals surface area contributed by atoms with Gasteiger partial charge in [-0.3, -0.25) is 0 Å². The molecular weight excluding hydrogens is 222 g/mol. The number of hydrogen-bond acceptors (Lipinski definition) is 2. The van der Waals surface area contributed by atoms with E-state index in [1.54, 1.807) is 0 Å². The van der Waals surface area contributed by atoms with Gasteiger partial charge in [-0.15, -0.1) is 0 Å². The summed E-state index contributed by atoms with van der Waals surface area (Å²) in [4.78, 5) is 4.27. The average molecular weight is 249 g/mol. The van der Waals surface area contributed by atoms with Crippen molar-refractivity contribution in [2.75, 3.05) is 0 Å². The van der Waals surface area contributed by atoms with Gasteiger partial charge in [-0.05, 0) is 25.2 Å². The maximum Gasteiger partial charge on any atom is 0.0948 e. The molecule has 0 saturated heterocycles. The molecule has 18 heavy (non-hydrogen) atoms. The molecule has 0 radical (unpaired) electrons. The van der Waals surface area contributed by atoms with Crippen molar-refractivity contribution in [2.45, 2.75) is 71.5 Å². The highest BCUT2D eigenvalue weighted by atomic mass is 15.1. The summed E-state index contributed by atoms with van der Waals surface area (Å²) in [7, 11) is 0. The zero-order valence-electron chi connectivity index (χ0n) is 11.9. The first-order valence-electron chi connectivity index (χ1n) is 7.57. The Morgan fingerprint density at radius 3 is 2.94 bits per heavy atom. The minimum Gasteiger partial charge on any atom is -0.333 e. The number of aromatic nitrogens is 2. The Morgan fingerprint density at radius 1 is 1.33 bits per heavy atom. The van der Waals surface area contributed by atoms with Crippen LogP contribution < -0.4 is 5.32 Å². The zero-order chi connectivity index (χ0) is 12.8. The molecule has 0 amide bonds. The van der Waals surface area contributed by atoms with Crippen molar-refractivity contribution in [2.24, 2.45) is 5.92 Å². The van der Waals surface area contributed by atoms with Gasteiger partial charge in [0.1, 0.15) is 0 Å². The van der Waals surface area contributed by atoms with Gasteiger partial charge in [0.15, 0.2) is 0 Å². The first kappa shape index (κ1) is 13.6. The monoisotopic (exact) mass is 249 g/mol. The molecule has 1 fully saturated rings. The van der Waals surface area contributed by atoms with Crippen LogP contribution in [-0.2, 0) is 13.1 Å². The lowest BCUT2D eigenvalue weighted by atomic mass is 9.83. The van der Waals surface area contributed by atoms with Gasteiger partial charge >= 0.3 is 0 Å². The lowest BCUT2D eigenvalue weighted by molar-refractivity contribution is 0.253. The maximum absolute atomic E-state index is 4.27. The van der Waals surface area contributed by atoms with E-state index < -0.39 is 0 Å². The smallest absolute Gasteiger partial charge is 0.0948 e. The SMILES string of the molecule is CCCn1cncc1CNC1CCCCC1CC. The van der Waals surface area contributed by atoms with Crippen molar-refractivity contribution in [3.63, 3.8) is 0 Å². The summed E-state index contributed by atoms with van der Waals surface area (Å²) in [5, 5.41) is 3.76. The molecule has 2 unspecified atom stereocenters. The number of nitrogens with one attached hydrogen (secondary N) is 1. The van der Waals surface area contributed by atoms with Crippen molar-refractivity contribution in [1.82, 2.24) is 14.9 Å². The van der Waals surface area contributed by atoms with Gasteiger partial charge in [0.25, 0.3) is 0 Å². The van der Waals surface area contributed by atoms with Crippen LogP contribution in [0.5, 0.6) is 0 Å². The molecule has 3 heteroatoms. The molecule has 1 saturated carbocycles. The van der Waals surface area contributed by atoms with Gasteiger partial charge < -0.3 is 9.88 Å². The molecule has 1 aromatic rings. The predicted molar refractivity (Wildman–Crippen MR) is 75.4 cm³/mol. The van der Waals surface area contributed by atoms with Gasteiger partial charge in [-0.2, -0.15) is 0 Å². The summed E-state index contributed by atoms with van der Waals surface area (Å²) in [5.74, 6) is 0.876. The zero-order valence-corrected chi connectivity index (χ0v) is 11.9. The first-order valence-corrected chi connectivity index (χ1v) is 7.57. The van der Waals surface area contributed by atoms with Crippen molar-refractivity contribution >= 4 is 0 Å². The third-order valence-corrected chi connectivity index (χ3v) is 4.24. The second kappa shape index (κ2) is 6.93. The number of aryl methyl sites for hydroxylation is 1. The molecule has 1 N–H and O–H groups in total. The van der Waals surface area contributed by atoms with E-state index in [0.29, 0.717) is 6.04 Å². The summed E-state index contributed by atoms with van der Waals surface area (Å²) in [6.45, 7) is 6.59. The molecule has 3 nitrogen and oxygen atoms in total. The van der Waals surface area contributed by atoms with E-state index in [0.717, 1.165) is 19.0 Å². The lowest BCUT2D eigenvalue weighted by Crippen LogP contribution is -2.38. The van der Waals surface area contributed by atoms with E-state index in [-0.39, 0.29) is 0 Å². The Kier molecular flexibility index (Phi) is 5.24. The van der Waals surface area contributed by atoms with Gasteiger partial charge in [-0.25, -0.2) is 4.98 Å². The Bertz CT molecular complexity index is 345. The summed E-state index contributed by atoms with van der Waals surface area (Å²) >= 11 is 0. The average Bonchev–Trinajstić information content (AvgIpc) is 2.84. The molecule has 0 aliphatic heterocycles. The van der Waals surface area contributed by atoms with Gasteiger partial charge in [-0.1, -0.05) is 33.1 Å². The molecular formula is C15H27N3. The van der Waals surface area contributed by atoms with Crippen LogP contribution in [0.1, 0.15) is 58.1 Å². The normalized spacial score (nSPS) is 24.3. The molecule has 1 aliphatic rings. The fourth-order valence-corrected chi connectivity index (χ4v) is 3.14. The van der Waals surface area contributed by atoms with Crippen LogP contribution in [0.25, 0.3) is 0 Å². The quantitative estimate of drug-likeness (QED) is 0.838. The Labute approximate surface area is 111 Å². The molecule has 2 atom stereocenters.